The van der Waals surface area contributed by atoms with Gasteiger partial charge in [0.1, 0.15) is 11.4 Å². The summed E-state index contributed by atoms with van der Waals surface area (Å²) >= 11 is 12.8. The van der Waals surface area contributed by atoms with Crippen molar-refractivity contribution in [3.63, 3.8) is 0 Å². The molecule has 2 aromatic carbocycles. The summed E-state index contributed by atoms with van der Waals surface area (Å²) in [6, 6.07) is 16.1. The molecule has 2 bridgehead atoms. The number of nitrogens with zero attached hydrogens (tertiary/aromatic N) is 4. The lowest BCUT2D eigenvalue weighted by molar-refractivity contribution is 0.0279. The van der Waals surface area contributed by atoms with Crippen LogP contribution in [0.3, 0.4) is 0 Å². The maximum Gasteiger partial charge on any atom is 0.410 e. The van der Waals surface area contributed by atoms with Crippen molar-refractivity contribution in [2.75, 3.05) is 19.6 Å². The first-order valence-corrected chi connectivity index (χ1v) is 15.4. The number of piperidine rings is 1. The van der Waals surface area contributed by atoms with Crippen LogP contribution >= 0.6 is 23.2 Å². The van der Waals surface area contributed by atoms with E-state index in [1.807, 2.05) is 37.8 Å². The number of likely N-dealkylation sites (tertiary alicyclic amines) is 1. The second-order valence-electron chi connectivity index (χ2n) is 13.1. The second kappa shape index (κ2) is 10.5. The molecule has 3 fully saturated rings. The molecule has 40 heavy (non-hydrogen) atoms. The Kier molecular flexibility index (Phi) is 7.33. The van der Waals surface area contributed by atoms with Gasteiger partial charge in [-0.3, -0.25) is 4.90 Å². The highest BCUT2D eigenvalue weighted by atomic mass is 35.5. The molecular weight excluding hydrogens is 543 g/mol. The Morgan fingerprint density at radius 3 is 2.48 bits per heavy atom. The average molecular weight is 584 g/mol. The monoisotopic (exact) mass is 582 g/mol. The number of halogens is 2. The molecule has 8 heteroatoms. The lowest BCUT2D eigenvalue weighted by Crippen LogP contribution is -2.46. The number of fused-ring (bicyclic) bond motifs is 3. The van der Waals surface area contributed by atoms with Gasteiger partial charge in [0.15, 0.2) is 0 Å². The highest BCUT2D eigenvalue weighted by molar-refractivity contribution is 6.42. The van der Waals surface area contributed by atoms with E-state index in [-0.39, 0.29) is 11.5 Å². The van der Waals surface area contributed by atoms with Crippen LogP contribution < -0.4 is 0 Å². The zero-order valence-corrected chi connectivity index (χ0v) is 25.5. The molecule has 0 N–H and O–H groups in total. The van der Waals surface area contributed by atoms with Crippen LogP contribution in [0, 0.1) is 6.92 Å². The number of rotatable bonds is 5. The van der Waals surface area contributed by atoms with Crippen molar-refractivity contribution in [1.29, 1.82) is 0 Å². The van der Waals surface area contributed by atoms with E-state index >= 15 is 0 Å². The molecule has 0 aliphatic carbocycles. The van der Waals surface area contributed by atoms with E-state index in [0.717, 1.165) is 49.1 Å². The highest BCUT2D eigenvalue weighted by Crippen LogP contribution is 2.45. The van der Waals surface area contributed by atoms with E-state index in [1.54, 1.807) is 0 Å². The molecule has 4 atom stereocenters. The van der Waals surface area contributed by atoms with Crippen LogP contribution in [0.4, 0.5) is 4.79 Å². The van der Waals surface area contributed by atoms with Crippen molar-refractivity contribution in [3.05, 3.63) is 63.9 Å². The zero-order valence-electron chi connectivity index (χ0n) is 24.0. The normalized spacial score (nSPS) is 27.1. The second-order valence-corrected chi connectivity index (χ2v) is 13.9. The number of amides is 1. The molecule has 3 aromatic rings. The van der Waals surface area contributed by atoms with Gasteiger partial charge in [-0.15, -0.1) is 0 Å². The molecule has 3 saturated heterocycles. The molecule has 0 spiro atoms. The summed E-state index contributed by atoms with van der Waals surface area (Å²) in [6.07, 6.45) is 6.42. The maximum atomic E-state index is 13.0. The third-order valence-corrected chi connectivity index (χ3v) is 10.1. The molecular formula is C32H40Cl2N4O2. The molecule has 3 aliphatic rings. The van der Waals surface area contributed by atoms with Crippen LogP contribution in [-0.4, -0.2) is 62.8 Å². The van der Waals surface area contributed by atoms with Crippen LogP contribution in [0.25, 0.3) is 11.0 Å². The third-order valence-electron chi connectivity index (χ3n) is 9.38. The fourth-order valence-electron chi connectivity index (χ4n) is 7.56. The summed E-state index contributed by atoms with van der Waals surface area (Å²) in [7, 11) is 0. The van der Waals surface area contributed by atoms with Crippen molar-refractivity contribution < 1.29 is 9.53 Å². The van der Waals surface area contributed by atoms with Gasteiger partial charge in [-0.1, -0.05) is 41.4 Å². The predicted octanol–water partition coefficient (Wildman–Crippen LogP) is 7.79. The first kappa shape index (κ1) is 27.9. The van der Waals surface area contributed by atoms with Gasteiger partial charge < -0.3 is 14.2 Å². The zero-order chi connectivity index (χ0) is 28.2. The Hall–Kier alpha value is -2.28. The van der Waals surface area contributed by atoms with Gasteiger partial charge in [-0.25, -0.2) is 9.78 Å². The molecule has 3 aliphatic heterocycles. The number of aryl methyl sites for hydroxylation is 1. The topological polar surface area (TPSA) is 50.6 Å². The van der Waals surface area contributed by atoms with Gasteiger partial charge in [0.05, 0.1) is 21.1 Å². The third kappa shape index (κ3) is 5.23. The van der Waals surface area contributed by atoms with E-state index in [1.165, 1.54) is 18.4 Å². The smallest absolute Gasteiger partial charge is 0.410 e. The van der Waals surface area contributed by atoms with Crippen molar-refractivity contribution in [1.82, 2.24) is 19.4 Å². The first-order chi connectivity index (χ1) is 19.0. The minimum absolute atomic E-state index is 0.182. The predicted molar refractivity (Wildman–Crippen MR) is 161 cm³/mol. The Bertz CT molecular complexity index is 1400. The molecule has 0 radical (unpaired) electrons. The van der Waals surface area contributed by atoms with Gasteiger partial charge in [0.25, 0.3) is 0 Å². The summed E-state index contributed by atoms with van der Waals surface area (Å²) in [6.45, 7) is 10.2. The molecule has 4 heterocycles. The van der Waals surface area contributed by atoms with E-state index < -0.39 is 5.60 Å². The summed E-state index contributed by atoms with van der Waals surface area (Å²) in [5.41, 5.74) is 2.81. The quantitative estimate of drug-likeness (QED) is 0.308. The lowest BCUT2D eigenvalue weighted by atomic mass is 9.76. The first-order valence-electron chi connectivity index (χ1n) is 14.7. The minimum Gasteiger partial charge on any atom is -0.444 e. The van der Waals surface area contributed by atoms with E-state index in [9.17, 15) is 4.79 Å². The van der Waals surface area contributed by atoms with Gasteiger partial charge in [-0.2, -0.15) is 0 Å². The molecule has 6 rings (SSSR count). The molecule has 1 aromatic heterocycles. The van der Waals surface area contributed by atoms with Crippen molar-refractivity contribution in [2.45, 2.75) is 95.4 Å². The number of benzene rings is 2. The molecule has 1 amide bonds. The minimum atomic E-state index is -0.519. The number of carbonyl (C=O) groups is 1. The van der Waals surface area contributed by atoms with Gasteiger partial charge in [-0.05, 0) is 103 Å². The maximum absolute atomic E-state index is 13.0. The molecule has 3 unspecified atom stereocenters. The SMILES string of the molecule is Cc1nc2ccccc2n1C1CC2CC[C@@H](C1)N2CCC1(c2ccc(Cl)c(Cl)c2)CCN(C(=O)OC(C)(C)C)C1. The summed E-state index contributed by atoms with van der Waals surface area (Å²) in [4.78, 5) is 22.5. The van der Waals surface area contributed by atoms with Crippen molar-refractivity contribution >= 4 is 40.3 Å². The number of para-hydroxylation sites is 2. The fourth-order valence-corrected chi connectivity index (χ4v) is 7.85. The van der Waals surface area contributed by atoms with E-state index in [0.29, 0.717) is 41.3 Å². The van der Waals surface area contributed by atoms with Crippen molar-refractivity contribution in [2.24, 2.45) is 0 Å². The molecule has 214 valence electrons. The van der Waals surface area contributed by atoms with Crippen LogP contribution in [0.1, 0.15) is 76.7 Å². The van der Waals surface area contributed by atoms with Gasteiger partial charge in [0.2, 0.25) is 0 Å². The Morgan fingerprint density at radius 2 is 1.77 bits per heavy atom. The number of hydrogen-bond donors (Lipinski definition) is 0. The van der Waals surface area contributed by atoms with Crippen molar-refractivity contribution in [3.8, 4) is 0 Å². The van der Waals surface area contributed by atoms with Crippen LogP contribution in [0.2, 0.25) is 10.0 Å². The summed E-state index contributed by atoms with van der Waals surface area (Å²) in [5.74, 6) is 1.12. The Morgan fingerprint density at radius 1 is 1.05 bits per heavy atom. The number of imidazole rings is 1. The number of aromatic nitrogens is 2. The van der Waals surface area contributed by atoms with E-state index in [2.05, 4.69) is 46.7 Å². The van der Waals surface area contributed by atoms with Crippen LogP contribution in [-0.2, 0) is 10.2 Å². The van der Waals surface area contributed by atoms with Crippen LogP contribution in [0.5, 0.6) is 0 Å². The largest absolute Gasteiger partial charge is 0.444 e. The average Bonchev–Trinajstić information content (AvgIpc) is 3.55. The number of hydrogen-bond acceptors (Lipinski definition) is 4. The fraction of sp³-hybridized carbons (Fsp3) is 0.562. The molecule has 0 saturated carbocycles. The Balaban J connectivity index is 1.21. The standard InChI is InChI=1S/C32H40Cl2N4O2/c1-21-35-28-7-5-6-8-29(28)38(21)25-18-23-10-11-24(19-25)37(23)16-14-32(22-9-12-26(33)27(34)17-22)13-15-36(20-32)30(39)40-31(2,3)4/h5-9,12,17,23-25H,10-11,13-16,18-20H2,1-4H3/t23-,24?,25?,32?/m0/s1. The van der Waals surface area contributed by atoms with Gasteiger partial charge >= 0.3 is 6.09 Å². The van der Waals surface area contributed by atoms with Gasteiger partial charge in [0, 0.05) is 36.6 Å². The van der Waals surface area contributed by atoms with Crippen LogP contribution in [0.15, 0.2) is 42.5 Å². The molecule has 6 nitrogen and oxygen atoms in total. The van der Waals surface area contributed by atoms with E-state index in [4.69, 9.17) is 32.9 Å². The number of ether oxygens (including phenoxy) is 1. The lowest BCUT2D eigenvalue weighted by Gasteiger charge is -2.42. The number of carbonyl (C=O) groups excluding carboxylic acids is 1. The summed E-state index contributed by atoms with van der Waals surface area (Å²) < 4.78 is 8.23. The highest BCUT2D eigenvalue weighted by Gasteiger charge is 2.46. The Labute approximate surface area is 247 Å². The summed E-state index contributed by atoms with van der Waals surface area (Å²) in [5, 5.41) is 1.13.